The molecule has 3 rings (SSSR count). The molecule has 1 atom stereocenters. The fraction of sp³-hybridized carbons (Fsp3) is 0.438. The van der Waals surface area contributed by atoms with Gasteiger partial charge in [0.1, 0.15) is 5.54 Å². The number of para-hydroxylation sites is 1. The Bertz CT molecular complexity index is 646. The highest BCUT2D eigenvalue weighted by Crippen LogP contribution is 2.36. The van der Waals surface area contributed by atoms with Crippen LogP contribution in [0.1, 0.15) is 37.4 Å². The number of amides is 1. The normalized spacial score (nSPS) is 21.9. The summed E-state index contributed by atoms with van der Waals surface area (Å²) in [4.78, 5) is 15.6. The number of benzene rings is 1. The molecule has 1 aliphatic heterocycles. The summed E-state index contributed by atoms with van der Waals surface area (Å²) in [5.74, 6) is -0.279. The van der Waals surface area contributed by atoms with E-state index in [1.54, 1.807) is 0 Å². The van der Waals surface area contributed by atoms with Crippen LogP contribution in [0.2, 0.25) is 0 Å². The Labute approximate surface area is 118 Å². The summed E-state index contributed by atoms with van der Waals surface area (Å²) in [5, 5.41) is 4.59. The van der Waals surface area contributed by atoms with Crippen molar-refractivity contribution in [2.45, 2.75) is 38.1 Å². The van der Waals surface area contributed by atoms with Crippen molar-refractivity contribution < 1.29 is 4.79 Å². The van der Waals surface area contributed by atoms with Crippen molar-refractivity contribution >= 4 is 16.8 Å². The number of nitrogens with one attached hydrogen (secondary N) is 2. The van der Waals surface area contributed by atoms with Gasteiger partial charge in [0.05, 0.1) is 0 Å². The van der Waals surface area contributed by atoms with Crippen LogP contribution >= 0.6 is 0 Å². The summed E-state index contributed by atoms with van der Waals surface area (Å²) in [6, 6.07) is 8.22. The Balaban J connectivity index is 2.18. The number of aromatic amines is 1. The van der Waals surface area contributed by atoms with Gasteiger partial charge in [-0.25, -0.2) is 0 Å². The maximum atomic E-state index is 12.2. The smallest absolute Gasteiger partial charge is 0.243 e. The molecule has 0 aliphatic carbocycles. The maximum absolute atomic E-state index is 12.2. The zero-order valence-electron chi connectivity index (χ0n) is 11.8. The number of hydrogen-bond donors (Lipinski definition) is 3. The molecule has 0 spiro atoms. The van der Waals surface area contributed by atoms with Gasteiger partial charge >= 0.3 is 0 Å². The monoisotopic (exact) mass is 271 g/mol. The van der Waals surface area contributed by atoms with Gasteiger partial charge in [-0.15, -0.1) is 0 Å². The second-order valence-corrected chi connectivity index (χ2v) is 5.57. The number of fused-ring (bicyclic) bond motifs is 3. The van der Waals surface area contributed by atoms with Crippen molar-refractivity contribution in [2.24, 2.45) is 5.73 Å². The summed E-state index contributed by atoms with van der Waals surface area (Å²) >= 11 is 0. The van der Waals surface area contributed by atoms with Crippen molar-refractivity contribution in [3.05, 3.63) is 35.5 Å². The van der Waals surface area contributed by atoms with E-state index >= 15 is 0 Å². The van der Waals surface area contributed by atoms with Crippen molar-refractivity contribution in [2.75, 3.05) is 6.54 Å². The van der Waals surface area contributed by atoms with Gasteiger partial charge < -0.3 is 10.7 Å². The second-order valence-electron chi connectivity index (χ2n) is 5.57. The molecule has 4 nitrogen and oxygen atoms in total. The number of H-pyrrole nitrogens is 1. The number of rotatable bonds is 4. The molecule has 2 aromatic rings. The summed E-state index contributed by atoms with van der Waals surface area (Å²) in [6.07, 6.45) is 3.70. The highest BCUT2D eigenvalue weighted by atomic mass is 16.1. The number of carbonyl (C=O) groups is 1. The molecule has 1 aromatic heterocycles. The first-order valence-electron chi connectivity index (χ1n) is 7.34. The summed E-state index contributed by atoms with van der Waals surface area (Å²) < 4.78 is 0. The number of primary amides is 1. The number of unbranched alkanes of at least 4 members (excludes halogenated alkanes) is 1. The van der Waals surface area contributed by atoms with E-state index in [2.05, 4.69) is 29.4 Å². The van der Waals surface area contributed by atoms with Gasteiger partial charge in [0.15, 0.2) is 0 Å². The van der Waals surface area contributed by atoms with Crippen molar-refractivity contribution in [3.63, 3.8) is 0 Å². The number of aromatic nitrogens is 1. The minimum absolute atomic E-state index is 0.279. The lowest BCUT2D eigenvalue weighted by molar-refractivity contribution is -0.125. The molecule has 4 heteroatoms. The summed E-state index contributed by atoms with van der Waals surface area (Å²) in [5.41, 5.74) is 8.33. The first-order chi connectivity index (χ1) is 9.69. The molecule has 106 valence electrons. The molecule has 1 amide bonds. The highest BCUT2D eigenvalue weighted by molar-refractivity contribution is 5.92. The average molecular weight is 271 g/mol. The van der Waals surface area contributed by atoms with Crippen LogP contribution in [0.5, 0.6) is 0 Å². The maximum Gasteiger partial charge on any atom is 0.243 e. The lowest BCUT2D eigenvalue weighted by atomic mass is 9.82. The fourth-order valence-electron chi connectivity index (χ4n) is 3.30. The van der Waals surface area contributed by atoms with E-state index in [1.807, 2.05) is 12.1 Å². The molecule has 2 heterocycles. The molecule has 0 saturated heterocycles. The van der Waals surface area contributed by atoms with Gasteiger partial charge in [-0.3, -0.25) is 10.1 Å². The van der Waals surface area contributed by atoms with Gasteiger partial charge in [0.25, 0.3) is 0 Å². The van der Waals surface area contributed by atoms with E-state index in [-0.39, 0.29) is 5.91 Å². The van der Waals surface area contributed by atoms with Crippen LogP contribution < -0.4 is 11.1 Å². The van der Waals surface area contributed by atoms with Gasteiger partial charge in [-0.05, 0) is 24.5 Å². The van der Waals surface area contributed by atoms with Gasteiger partial charge in [-0.2, -0.15) is 0 Å². The molecule has 1 aromatic carbocycles. The van der Waals surface area contributed by atoms with Gasteiger partial charge in [-0.1, -0.05) is 38.0 Å². The number of nitrogens with two attached hydrogens (primary N) is 1. The number of carbonyl (C=O) groups excluding carboxylic acids is 1. The van der Waals surface area contributed by atoms with Crippen LogP contribution in [-0.4, -0.2) is 17.4 Å². The second kappa shape index (κ2) is 4.94. The Hall–Kier alpha value is -1.81. The van der Waals surface area contributed by atoms with Crippen LogP contribution in [-0.2, 0) is 16.8 Å². The van der Waals surface area contributed by atoms with Crippen molar-refractivity contribution in [1.29, 1.82) is 0 Å². The largest absolute Gasteiger partial charge is 0.368 e. The predicted molar refractivity (Wildman–Crippen MR) is 80.4 cm³/mol. The third-order valence-corrected chi connectivity index (χ3v) is 4.37. The SMILES string of the molecule is CCCCC1(C(N)=O)NCCc2c1[nH]c1ccccc21. The lowest BCUT2D eigenvalue weighted by Crippen LogP contribution is -2.56. The van der Waals surface area contributed by atoms with E-state index in [4.69, 9.17) is 5.73 Å². The molecule has 1 aliphatic rings. The van der Waals surface area contributed by atoms with Gasteiger partial charge in [0, 0.05) is 23.1 Å². The molecule has 0 bridgehead atoms. The zero-order chi connectivity index (χ0) is 14.2. The lowest BCUT2D eigenvalue weighted by Gasteiger charge is -2.35. The van der Waals surface area contributed by atoms with E-state index in [9.17, 15) is 4.79 Å². The minimum Gasteiger partial charge on any atom is -0.368 e. The van der Waals surface area contributed by atoms with Gasteiger partial charge in [0.2, 0.25) is 5.91 Å². The summed E-state index contributed by atoms with van der Waals surface area (Å²) in [7, 11) is 0. The molecule has 0 fully saturated rings. The first-order valence-corrected chi connectivity index (χ1v) is 7.34. The number of hydrogen-bond acceptors (Lipinski definition) is 2. The average Bonchev–Trinajstić information content (AvgIpc) is 2.84. The Morgan fingerprint density at radius 2 is 2.20 bits per heavy atom. The Morgan fingerprint density at radius 1 is 1.40 bits per heavy atom. The molecule has 0 radical (unpaired) electrons. The Morgan fingerprint density at radius 3 is 2.95 bits per heavy atom. The van der Waals surface area contributed by atoms with Crippen LogP contribution in [0.25, 0.3) is 10.9 Å². The van der Waals surface area contributed by atoms with Crippen LogP contribution in [0.3, 0.4) is 0 Å². The third kappa shape index (κ3) is 1.83. The van der Waals surface area contributed by atoms with Crippen LogP contribution in [0.4, 0.5) is 0 Å². The minimum atomic E-state index is -0.734. The first kappa shape index (κ1) is 13.2. The third-order valence-electron chi connectivity index (χ3n) is 4.37. The molecule has 0 saturated carbocycles. The highest BCUT2D eigenvalue weighted by Gasteiger charge is 2.43. The quantitative estimate of drug-likeness (QED) is 0.797. The van der Waals surface area contributed by atoms with E-state index in [0.29, 0.717) is 0 Å². The van der Waals surface area contributed by atoms with Crippen molar-refractivity contribution in [3.8, 4) is 0 Å². The molecule has 1 unspecified atom stereocenters. The molecular formula is C16H21N3O. The van der Waals surface area contributed by atoms with Crippen LogP contribution in [0.15, 0.2) is 24.3 Å². The van der Waals surface area contributed by atoms with E-state index in [1.165, 1.54) is 10.9 Å². The molecule has 20 heavy (non-hydrogen) atoms. The zero-order valence-corrected chi connectivity index (χ0v) is 11.8. The van der Waals surface area contributed by atoms with E-state index < -0.39 is 5.54 Å². The van der Waals surface area contributed by atoms with Crippen molar-refractivity contribution in [1.82, 2.24) is 10.3 Å². The predicted octanol–water partition coefficient (Wildman–Crippen LogP) is 2.18. The fourth-order valence-corrected chi connectivity index (χ4v) is 3.30. The summed E-state index contributed by atoms with van der Waals surface area (Å²) in [6.45, 7) is 2.92. The van der Waals surface area contributed by atoms with Crippen LogP contribution in [0, 0.1) is 0 Å². The Kier molecular flexibility index (Phi) is 3.26. The standard InChI is InChI=1S/C16H21N3O/c1-2-3-9-16(15(17)20)14-12(8-10-18-16)11-6-4-5-7-13(11)19-14/h4-7,18-19H,2-3,8-10H2,1H3,(H2,17,20). The topological polar surface area (TPSA) is 70.9 Å². The van der Waals surface area contributed by atoms with E-state index in [0.717, 1.165) is 43.4 Å². The molecule has 4 N–H and O–H groups in total. The molecular weight excluding hydrogens is 250 g/mol.